The van der Waals surface area contributed by atoms with Crippen LogP contribution in [0.3, 0.4) is 0 Å². The predicted octanol–water partition coefficient (Wildman–Crippen LogP) is 1.68. The van der Waals surface area contributed by atoms with Crippen molar-refractivity contribution < 1.29 is 9.84 Å². The van der Waals surface area contributed by atoms with Crippen LogP contribution in [0.4, 0.5) is 0 Å². The van der Waals surface area contributed by atoms with E-state index in [4.69, 9.17) is 4.74 Å². The Morgan fingerprint density at radius 2 is 2.12 bits per heavy atom. The Hall–Kier alpha value is -1.16. The van der Waals surface area contributed by atoms with Gasteiger partial charge < -0.3 is 14.7 Å². The molecule has 0 bridgehead atoms. The van der Waals surface area contributed by atoms with Gasteiger partial charge >= 0.3 is 0 Å². The molecule has 1 aromatic rings. The standard InChI is InChI=1S/C14H21NO2/c1-3-9-15(2)10-14(16)12-17-11-13-7-5-4-6-8-13/h3-8,14,16H,1,9-12H2,2H3/t14-/m1/s1. The highest BCUT2D eigenvalue weighted by Crippen LogP contribution is 2.01. The molecular weight excluding hydrogens is 214 g/mol. The molecule has 0 saturated heterocycles. The van der Waals surface area contributed by atoms with Gasteiger partial charge in [-0.25, -0.2) is 0 Å². The van der Waals surface area contributed by atoms with E-state index >= 15 is 0 Å². The molecule has 0 heterocycles. The first-order chi connectivity index (χ1) is 8.22. The summed E-state index contributed by atoms with van der Waals surface area (Å²) in [5, 5.41) is 9.72. The Kier molecular flexibility index (Phi) is 6.55. The molecule has 1 N–H and O–H groups in total. The highest BCUT2D eigenvalue weighted by atomic mass is 16.5. The number of rotatable bonds is 8. The molecule has 3 heteroatoms. The second kappa shape index (κ2) is 8.01. The summed E-state index contributed by atoms with van der Waals surface area (Å²) in [5.41, 5.74) is 1.12. The number of nitrogens with zero attached hydrogens (tertiary/aromatic N) is 1. The first kappa shape index (κ1) is 13.9. The molecular formula is C14H21NO2. The maximum Gasteiger partial charge on any atom is 0.0900 e. The molecule has 3 nitrogen and oxygen atoms in total. The normalized spacial score (nSPS) is 12.6. The monoisotopic (exact) mass is 235 g/mol. The number of aliphatic hydroxyl groups is 1. The van der Waals surface area contributed by atoms with Gasteiger partial charge in [-0.2, -0.15) is 0 Å². The molecule has 1 rings (SSSR count). The van der Waals surface area contributed by atoms with Gasteiger partial charge in [0.2, 0.25) is 0 Å². The molecule has 0 aromatic heterocycles. The third-order valence-electron chi connectivity index (χ3n) is 2.38. The van der Waals surface area contributed by atoms with Gasteiger partial charge in [0.25, 0.3) is 0 Å². The van der Waals surface area contributed by atoms with Gasteiger partial charge in [-0.15, -0.1) is 6.58 Å². The maximum absolute atomic E-state index is 9.72. The second-order valence-corrected chi connectivity index (χ2v) is 4.16. The third kappa shape index (κ3) is 6.22. The quantitative estimate of drug-likeness (QED) is 0.696. The van der Waals surface area contributed by atoms with Crippen LogP contribution in [0.2, 0.25) is 0 Å². The first-order valence-electron chi connectivity index (χ1n) is 5.81. The summed E-state index contributed by atoms with van der Waals surface area (Å²) < 4.78 is 5.46. The molecule has 0 amide bonds. The minimum atomic E-state index is -0.455. The van der Waals surface area contributed by atoms with Crippen molar-refractivity contribution in [3.05, 3.63) is 48.6 Å². The number of hydrogen-bond acceptors (Lipinski definition) is 3. The van der Waals surface area contributed by atoms with E-state index in [1.54, 1.807) is 0 Å². The Labute approximate surface area is 103 Å². The highest BCUT2D eigenvalue weighted by molar-refractivity contribution is 5.13. The molecule has 0 saturated carbocycles. The van der Waals surface area contributed by atoms with E-state index in [1.807, 2.05) is 48.4 Å². The Morgan fingerprint density at radius 3 is 2.76 bits per heavy atom. The Balaban J connectivity index is 2.16. The van der Waals surface area contributed by atoms with Crippen LogP contribution < -0.4 is 0 Å². The summed E-state index contributed by atoms with van der Waals surface area (Å²) in [5.74, 6) is 0. The van der Waals surface area contributed by atoms with Crippen LogP contribution in [-0.4, -0.2) is 42.9 Å². The fourth-order valence-corrected chi connectivity index (χ4v) is 1.59. The average Bonchev–Trinajstić information content (AvgIpc) is 2.30. The lowest BCUT2D eigenvalue weighted by Gasteiger charge is -2.18. The number of likely N-dealkylation sites (N-methyl/N-ethyl adjacent to an activating group) is 1. The van der Waals surface area contributed by atoms with Gasteiger partial charge in [0.05, 0.1) is 19.3 Å². The lowest BCUT2D eigenvalue weighted by Crippen LogP contribution is -2.32. The summed E-state index contributed by atoms with van der Waals surface area (Å²) in [6, 6.07) is 9.95. The summed E-state index contributed by atoms with van der Waals surface area (Å²) in [6.07, 6.45) is 1.36. The zero-order chi connectivity index (χ0) is 12.5. The van der Waals surface area contributed by atoms with Gasteiger partial charge in [-0.3, -0.25) is 0 Å². The van der Waals surface area contributed by atoms with Gasteiger partial charge in [-0.05, 0) is 12.6 Å². The number of benzene rings is 1. The largest absolute Gasteiger partial charge is 0.389 e. The average molecular weight is 235 g/mol. The molecule has 17 heavy (non-hydrogen) atoms. The first-order valence-corrected chi connectivity index (χ1v) is 5.81. The van der Waals surface area contributed by atoms with E-state index < -0.39 is 6.10 Å². The zero-order valence-electron chi connectivity index (χ0n) is 10.4. The minimum absolute atomic E-state index is 0.358. The van der Waals surface area contributed by atoms with Crippen molar-refractivity contribution in [1.82, 2.24) is 4.90 Å². The minimum Gasteiger partial charge on any atom is -0.389 e. The van der Waals surface area contributed by atoms with Crippen molar-refractivity contribution in [2.75, 3.05) is 26.7 Å². The molecule has 1 atom stereocenters. The van der Waals surface area contributed by atoms with E-state index in [2.05, 4.69) is 6.58 Å². The summed E-state index contributed by atoms with van der Waals surface area (Å²) in [6.45, 7) is 5.93. The molecule has 0 radical (unpaired) electrons. The van der Waals surface area contributed by atoms with Gasteiger partial charge in [0.1, 0.15) is 0 Å². The van der Waals surface area contributed by atoms with Gasteiger partial charge in [0.15, 0.2) is 0 Å². The Bertz CT molecular complexity index is 313. The van der Waals surface area contributed by atoms with Crippen LogP contribution in [0, 0.1) is 0 Å². The molecule has 0 spiro atoms. The maximum atomic E-state index is 9.72. The van der Waals surface area contributed by atoms with Crippen molar-refractivity contribution in [2.24, 2.45) is 0 Å². The molecule has 0 unspecified atom stereocenters. The van der Waals surface area contributed by atoms with E-state index in [0.29, 0.717) is 19.8 Å². The lowest BCUT2D eigenvalue weighted by atomic mass is 10.2. The molecule has 0 aliphatic rings. The zero-order valence-corrected chi connectivity index (χ0v) is 10.4. The lowest BCUT2D eigenvalue weighted by molar-refractivity contribution is 0.0152. The van der Waals surface area contributed by atoms with Crippen LogP contribution in [-0.2, 0) is 11.3 Å². The van der Waals surface area contributed by atoms with Crippen LogP contribution >= 0.6 is 0 Å². The SMILES string of the molecule is C=CCN(C)C[C@@H](O)COCc1ccccc1. The molecule has 0 fully saturated rings. The van der Waals surface area contributed by atoms with Crippen molar-refractivity contribution in [3.63, 3.8) is 0 Å². The molecule has 1 aromatic carbocycles. The molecule has 0 aliphatic heterocycles. The second-order valence-electron chi connectivity index (χ2n) is 4.16. The summed E-state index contributed by atoms with van der Waals surface area (Å²) >= 11 is 0. The third-order valence-corrected chi connectivity index (χ3v) is 2.38. The predicted molar refractivity (Wildman–Crippen MR) is 69.8 cm³/mol. The van der Waals surface area contributed by atoms with Crippen LogP contribution in [0.1, 0.15) is 5.56 Å². The molecule has 0 aliphatic carbocycles. The topological polar surface area (TPSA) is 32.7 Å². The van der Waals surface area contributed by atoms with Crippen molar-refractivity contribution in [2.45, 2.75) is 12.7 Å². The van der Waals surface area contributed by atoms with Crippen LogP contribution in [0.15, 0.2) is 43.0 Å². The van der Waals surface area contributed by atoms with Crippen LogP contribution in [0.5, 0.6) is 0 Å². The molecule has 94 valence electrons. The van der Waals surface area contributed by atoms with Crippen molar-refractivity contribution in [1.29, 1.82) is 0 Å². The number of hydrogen-bond donors (Lipinski definition) is 1. The smallest absolute Gasteiger partial charge is 0.0900 e. The highest BCUT2D eigenvalue weighted by Gasteiger charge is 2.07. The summed E-state index contributed by atoms with van der Waals surface area (Å²) in [7, 11) is 1.95. The van der Waals surface area contributed by atoms with E-state index in [-0.39, 0.29) is 0 Å². The van der Waals surface area contributed by atoms with E-state index in [9.17, 15) is 5.11 Å². The summed E-state index contributed by atoms with van der Waals surface area (Å²) in [4.78, 5) is 2.00. The van der Waals surface area contributed by atoms with Crippen LogP contribution in [0.25, 0.3) is 0 Å². The fraction of sp³-hybridized carbons (Fsp3) is 0.429. The van der Waals surface area contributed by atoms with Gasteiger partial charge in [-0.1, -0.05) is 36.4 Å². The van der Waals surface area contributed by atoms with Gasteiger partial charge in [0, 0.05) is 13.1 Å². The Morgan fingerprint density at radius 1 is 1.41 bits per heavy atom. The fourth-order valence-electron chi connectivity index (χ4n) is 1.59. The number of ether oxygens (including phenoxy) is 1. The van der Waals surface area contributed by atoms with Crippen molar-refractivity contribution >= 4 is 0 Å². The van der Waals surface area contributed by atoms with E-state index in [0.717, 1.165) is 12.1 Å². The number of aliphatic hydroxyl groups excluding tert-OH is 1. The van der Waals surface area contributed by atoms with E-state index in [1.165, 1.54) is 0 Å². The van der Waals surface area contributed by atoms with Crippen molar-refractivity contribution in [3.8, 4) is 0 Å².